The zero-order chi connectivity index (χ0) is 14.5. The summed E-state index contributed by atoms with van der Waals surface area (Å²) in [5.74, 6) is -1.26. The maximum atomic E-state index is 10.9. The fraction of sp³-hybridized carbons (Fsp3) is 0.429. The first-order valence-electron chi connectivity index (χ1n) is 4.35. The molecule has 0 aliphatic carbocycles. The molecule has 0 spiro atoms. The molecule has 0 atom stereocenters. The lowest BCUT2D eigenvalue weighted by atomic mass is 10.8. The minimum Gasteiger partial charge on any atom is -0.481 e. The molecule has 0 aromatic carbocycles. The highest BCUT2D eigenvalue weighted by atomic mass is 32.2. The van der Waals surface area contributed by atoms with Crippen molar-refractivity contribution in [3.63, 3.8) is 0 Å². The third-order valence-corrected chi connectivity index (χ3v) is 3.49. The number of carboxylic acid groups (broad SMARTS) is 1. The molecule has 18 heavy (non-hydrogen) atoms. The minimum atomic E-state index is -3.83. The average Bonchev–Trinajstić information content (AvgIpc) is 2.44. The van der Waals surface area contributed by atoms with Crippen LogP contribution in [-0.4, -0.2) is 35.2 Å². The molecule has 0 bridgehead atoms. The van der Waals surface area contributed by atoms with Crippen molar-refractivity contribution in [1.29, 1.82) is 0 Å². The summed E-state index contributed by atoms with van der Waals surface area (Å²) in [7, 11) is -2.35. The number of rotatable bonds is 1. The highest BCUT2D eigenvalue weighted by molar-refractivity contribution is 7.91. The van der Waals surface area contributed by atoms with Gasteiger partial charge in [0.15, 0.2) is 0 Å². The summed E-state index contributed by atoms with van der Waals surface area (Å²) in [5, 5.41) is 15.9. The number of nitrogens with zero attached hydrogens (tertiary/aromatic N) is 3. The Balaban J connectivity index is 0.000000631. The van der Waals surface area contributed by atoms with Gasteiger partial charge in [-0.25, -0.2) is 18.2 Å². The number of aryl methyl sites for hydroxylation is 1. The van der Waals surface area contributed by atoms with Gasteiger partial charge in [0.25, 0.3) is 16.0 Å². The number of carbonyl (C=O) groups excluding carboxylic acids is 1. The van der Waals surface area contributed by atoms with E-state index in [1.807, 2.05) is 0 Å². The molecule has 1 aromatic heterocycles. The van der Waals surface area contributed by atoms with Gasteiger partial charge in [0.2, 0.25) is 15.0 Å². The van der Waals surface area contributed by atoms with Gasteiger partial charge >= 0.3 is 0 Å². The predicted molar refractivity (Wildman–Crippen MR) is 62.0 cm³/mol. The van der Waals surface area contributed by atoms with Gasteiger partial charge in [0.05, 0.1) is 0 Å². The van der Waals surface area contributed by atoms with E-state index in [0.717, 1.165) is 18.3 Å². The van der Waals surface area contributed by atoms with Gasteiger partial charge in [-0.05, 0) is 0 Å². The largest absolute Gasteiger partial charge is 0.481 e. The van der Waals surface area contributed by atoms with Crippen LogP contribution in [-0.2, 0) is 26.7 Å². The van der Waals surface area contributed by atoms with Crippen molar-refractivity contribution >= 4 is 33.2 Å². The number of amides is 1. The summed E-state index contributed by atoms with van der Waals surface area (Å²) < 4.78 is 22.7. The molecule has 1 rings (SSSR count). The molecule has 0 fully saturated rings. The first-order valence-corrected chi connectivity index (χ1v) is 6.72. The van der Waals surface area contributed by atoms with E-state index in [1.54, 1.807) is 0 Å². The third kappa shape index (κ3) is 6.22. The molecule has 1 heterocycles. The van der Waals surface area contributed by atoms with Crippen LogP contribution in [0.2, 0.25) is 0 Å². The summed E-state index contributed by atoms with van der Waals surface area (Å²) in [4.78, 5) is 23.4. The first kappa shape index (κ1) is 16.4. The van der Waals surface area contributed by atoms with Gasteiger partial charge in [-0.3, -0.25) is 9.59 Å². The van der Waals surface area contributed by atoms with E-state index in [-0.39, 0.29) is 9.14 Å². The summed E-state index contributed by atoms with van der Waals surface area (Å²) in [6.45, 7) is 2.34. The van der Waals surface area contributed by atoms with Crippen LogP contribution in [0.25, 0.3) is 0 Å². The maximum absolute atomic E-state index is 10.9. The van der Waals surface area contributed by atoms with E-state index in [9.17, 15) is 13.2 Å². The van der Waals surface area contributed by atoms with E-state index < -0.39 is 21.9 Å². The quantitative estimate of drug-likeness (QED) is 0.656. The van der Waals surface area contributed by atoms with Crippen LogP contribution in [0.3, 0.4) is 0 Å². The smallest absolute Gasteiger partial charge is 0.300 e. The van der Waals surface area contributed by atoms with Crippen molar-refractivity contribution in [2.75, 3.05) is 0 Å². The Morgan fingerprint density at radius 2 is 1.89 bits per heavy atom. The number of primary sulfonamides is 1. The minimum absolute atomic E-state index is 0.196. The molecule has 0 radical (unpaired) electrons. The van der Waals surface area contributed by atoms with Crippen LogP contribution < -0.4 is 9.94 Å². The van der Waals surface area contributed by atoms with Gasteiger partial charge in [-0.2, -0.15) is 4.99 Å². The highest BCUT2D eigenvalue weighted by Gasteiger charge is 2.14. The van der Waals surface area contributed by atoms with Crippen molar-refractivity contribution in [1.82, 2.24) is 9.78 Å². The molecule has 11 heteroatoms. The van der Waals surface area contributed by atoms with Crippen molar-refractivity contribution in [3.05, 3.63) is 4.80 Å². The van der Waals surface area contributed by atoms with E-state index in [2.05, 4.69) is 10.1 Å². The van der Waals surface area contributed by atoms with Crippen molar-refractivity contribution in [2.45, 2.75) is 18.2 Å². The van der Waals surface area contributed by atoms with Crippen molar-refractivity contribution < 1.29 is 23.1 Å². The molecule has 0 aliphatic heterocycles. The molecule has 3 N–H and O–H groups in total. The van der Waals surface area contributed by atoms with Crippen molar-refractivity contribution in [3.8, 4) is 0 Å². The number of aliphatic carboxylic acids is 1. The van der Waals surface area contributed by atoms with Crippen LogP contribution in [0, 0.1) is 0 Å². The van der Waals surface area contributed by atoms with Gasteiger partial charge in [-0.1, -0.05) is 11.3 Å². The van der Waals surface area contributed by atoms with Gasteiger partial charge in [-0.15, -0.1) is 5.10 Å². The second-order valence-corrected chi connectivity index (χ2v) is 5.66. The molecule has 0 aliphatic rings. The van der Waals surface area contributed by atoms with Crippen LogP contribution >= 0.6 is 11.3 Å². The lowest BCUT2D eigenvalue weighted by molar-refractivity contribution is -0.134. The molecule has 0 saturated heterocycles. The number of hydrogen-bond donors (Lipinski definition) is 2. The Morgan fingerprint density at radius 1 is 1.44 bits per heavy atom. The zero-order valence-corrected chi connectivity index (χ0v) is 11.4. The third-order valence-electron chi connectivity index (χ3n) is 1.18. The van der Waals surface area contributed by atoms with E-state index in [0.29, 0.717) is 0 Å². The predicted octanol–water partition coefficient (Wildman–Crippen LogP) is -1.33. The Morgan fingerprint density at radius 3 is 2.17 bits per heavy atom. The molecule has 0 unspecified atom stereocenters. The Labute approximate surface area is 107 Å². The normalized spacial score (nSPS) is 11.7. The highest BCUT2D eigenvalue weighted by Crippen LogP contribution is 2.03. The molecule has 0 saturated carbocycles. The number of nitrogens with two attached hydrogens (primary N) is 1. The Hall–Kier alpha value is -1.59. The van der Waals surface area contributed by atoms with E-state index >= 15 is 0 Å². The lowest BCUT2D eigenvalue weighted by Gasteiger charge is -1.86. The van der Waals surface area contributed by atoms with Gasteiger partial charge < -0.3 is 5.11 Å². The lowest BCUT2D eigenvalue weighted by Crippen LogP contribution is -2.14. The summed E-state index contributed by atoms with van der Waals surface area (Å²) in [5.41, 5.74) is 0. The standard InChI is InChI=1S/C5H8N4O3S2.C2H4O2/c1-3(10)7-4-9(2)8-5(13-4)14(6,11)12;1-2(3)4/h1-2H3,(H2,6,11,12);1H3,(H,3,4). The molecule has 1 aromatic rings. The van der Waals surface area contributed by atoms with E-state index in [1.165, 1.54) is 18.7 Å². The molecular formula is C7H12N4O5S2. The SMILES string of the molecule is CC(=O)N=c1sc(S(N)(=O)=O)nn1C.CC(=O)O. The number of sulfonamides is 1. The van der Waals surface area contributed by atoms with Crippen LogP contribution in [0.15, 0.2) is 9.33 Å². The summed E-state index contributed by atoms with van der Waals surface area (Å²) >= 11 is 0.746. The fourth-order valence-electron chi connectivity index (χ4n) is 0.675. The van der Waals surface area contributed by atoms with Crippen LogP contribution in [0.5, 0.6) is 0 Å². The topological polar surface area (TPSA) is 145 Å². The monoisotopic (exact) mass is 296 g/mol. The number of carbonyl (C=O) groups is 2. The van der Waals surface area contributed by atoms with Crippen LogP contribution in [0.1, 0.15) is 13.8 Å². The number of carboxylic acids is 1. The Kier molecular flexibility index (Phi) is 5.81. The second kappa shape index (κ2) is 6.37. The summed E-state index contributed by atoms with van der Waals surface area (Å²) in [6, 6.07) is 0. The zero-order valence-electron chi connectivity index (χ0n) is 9.82. The van der Waals surface area contributed by atoms with Crippen LogP contribution in [0.4, 0.5) is 0 Å². The second-order valence-electron chi connectivity index (χ2n) is 2.97. The van der Waals surface area contributed by atoms with E-state index in [4.69, 9.17) is 15.0 Å². The molecule has 9 nitrogen and oxygen atoms in total. The average molecular weight is 296 g/mol. The summed E-state index contributed by atoms with van der Waals surface area (Å²) in [6.07, 6.45) is 0. The van der Waals surface area contributed by atoms with Crippen molar-refractivity contribution in [2.24, 2.45) is 17.2 Å². The fourth-order valence-corrected chi connectivity index (χ4v) is 2.27. The molecule has 102 valence electrons. The van der Waals surface area contributed by atoms with Gasteiger partial charge in [0, 0.05) is 20.9 Å². The number of aromatic nitrogens is 2. The first-order chi connectivity index (χ1) is 8.04. The molecule has 1 amide bonds. The molecular weight excluding hydrogens is 284 g/mol. The maximum Gasteiger partial charge on any atom is 0.300 e. The Bertz CT molecular complexity index is 608. The number of hydrogen-bond acceptors (Lipinski definition) is 6. The van der Waals surface area contributed by atoms with Gasteiger partial charge in [0.1, 0.15) is 0 Å².